The number of nitrogens with two attached hydrogens (primary N) is 1. The minimum atomic E-state index is -0.702. The molecule has 2 aromatic carbocycles. The molecule has 0 aliphatic carbocycles. The van der Waals surface area contributed by atoms with Crippen molar-refractivity contribution in [2.24, 2.45) is 5.41 Å². The lowest BCUT2D eigenvalue weighted by molar-refractivity contribution is -0.130. The monoisotopic (exact) mass is 442 g/mol. The number of hydrogen-bond donors (Lipinski definition) is 2. The first-order valence-corrected chi connectivity index (χ1v) is 11.3. The lowest BCUT2D eigenvalue weighted by atomic mass is 9.79. The predicted octanol–water partition coefficient (Wildman–Crippen LogP) is 3.93. The zero-order chi connectivity index (χ0) is 23.4. The quantitative estimate of drug-likeness (QED) is 0.605. The number of carbonyl (C=O) groups is 2. The summed E-state index contributed by atoms with van der Waals surface area (Å²) in [5, 5.41) is 3.09. The molecular formula is C27H30N4O2. The fourth-order valence-electron chi connectivity index (χ4n) is 4.52. The smallest absolute Gasteiger partial charge is 0.257 e. The van der Waals surface area contributed by atoms with Crippen molar-refractivity contribution in [2.45, 2.75) is 32.7 Å². The van der Waals surface area contributed by atoms with Gasteiger partial charge in [0.05, 0.1) is 11.0 Å². The summed E-state index contributed by atoms with van der Waals surface area (Å²) < 4.78 is 0. The highest BCUT2D eigenvalue weighted by molar-refractivity contribution is 5.99. The number of rotatable bonds is 6. The summed E-state index contributed by atoms with van der Waals surface area (Å²) in [4.78, 5) is 32.4. The Bertz CT molecular complexity index is 1150. The molecule has 0 bridgehead atoms. The molecule has 0 spiro atoms. The van der Waals surface area contributed by atoms with E-state index in [4.69, 9.17) is 5.73 Å². The molecule has 1 aliphatic heterocycles. The van der Waals surface area contributed by atoms with Crippen LogP contribution in [0.2, 0.25) is 0 Å². The number of likely N-dealkylation sites (tertiary alicyclic amines) is 1. The second-order valence-corrected chi connectivity index (χ2v) is 9.06. The highest BCUT2D eigenvalue weighted by Crippen LogP contribution is 2.36. The van der Waals surface area contributed by atoms with Gasteiger partial charge >= 0.3 is 0 Å². The van der Waals surface area contributed by atoms with Crippen molar-refractivity contribution in [3.05, 3.63) is 84.1 Å². The minimum Gasteiger partial charge on any atom is -0.383 e. The Hall–Kier alpha value is -3.67. The molecule has 0 unspecified atom stereocenters. The zero-order valence-corrected chi connectivity index (χ0v) is 19.1. The average molecular weight is 443 g/mol. The number of nitrogens with zero attached hydrogens (tertiary/aromatic N) is 2. The van der Waals surface area contributed by atoms with Gasteiger partial charge < -0.3 is 16.0 Å². The molecule has 33 heavy (non-hydrogen) atoms. The second-order valence-electron chi connectivity index (χ2n) is 9.06. The van der Waals surface area contributed by atoms with E-state index in [2.05, 4.69) is 40.6 Å². The van der Waals surface area contributed by atoms with Gasteiger partial charge in [-0.05, 0) is 55.5 Å². The molecule has 1 saturated heterocycles. The molecule has 1 aromatic heterocycles. The minimum absolute atomic E-state index is 0.0166. The van der Waals surface area contributed by atoms with Gasteiger partial charge in [-0.2, -0.15) is 0 Å². The fourth-order valence-corrected chi connectivity index (χ4v) is 4.52. The Balaban J connectivity index is 1.62. The average Bonchev–Trinajstić information content (AvgIpc) is 3.25. The van der Waals surface area contributed by atoms with E-state index in [-0.39, 0.29) is 23.7 Å². The standard InChI is InChI=1S/C27H30N4O2/c1-19(2)30-26(33)27(13-15-31(18-27)25(32)23-12-7-14-29-24(23)28)17-20-8-6-11-22(16-20)21-9-4-3-5-10-21/h3-12,14,16,19H,13,15,17-18H2,1-2H3,(H2,28,29)(H,30,33)/t27-/m0/s1. The Morgan fingerprint density at radius 1 is 1.06 bits per heavy atom. The van der Waals surface area contributed by atoms with Crippen molar-refractivity contribution < 1.29 is 9.59 Å². The molecular weight excluding hydrogens is 412 g/mol. The van der Waals surface area contributed by atoms with Crippen LogP contribution in [0.25, 0.3) is 11.1 Å². The van der Waals surface area contributed by atoms with Crippen LogP contribution in [-0.4, -0.2) is 40.8 Å². The van der Waals surface area contributed by atoms with Gasteiger partial charge in [0.1, 0.15) is 5.82 Å². The number of anilines is 1. The van der Waals surface area contributed by atoms with Crippen LogP contribution in [-0.2, 0) is 11.2 Å². The van der Waals surface area contributed by atoms with Crippen molar-refractivity contribution >= 4 is 17.6 Å². The molecule has 0 saturated carbocycles. The van der Waals surface area contributed by atoms with E-state index in [1.165, 1.54) is 0 Å². The van der Waals surface area contributed by atoms with Gasteiger partial charge in [0.15, 0.2) is 0 Å². The molecule has 3 N–H and O–H groups in total. The molecule has 2 amide bonds. The first-order chi connectivity index (χ1) is 15.9. The van der Waals surface area contributed by atoms with E-state index < -0.39 is 5.41 Å². The van der Waals surface area contributed by atoms with Crippen LogP contribution in [0, 0.1) is 5.41 Å². The molecule has 4 rings (SSSR count). The van der Waals surface area contributed by atoms with Crippen molar-refractivity contribution in [1.29, 1.82) is 0 Å². The van der Waals surface area contributed by atoms with Gasteiger partial charge in [-0.15, -0.1) is 0 Å². The van der Waals surface area contributed by atoms with Crippen molar-refractivity contribution in [1.82, 2.24) is 15.2 Å². The van der Waals surface area contributed by atoms with Crippen LogP contribution in [0.1, 0.15) is 36.2 Å². The van der Waals surface area contributed by atoms with Crippen LogP contribution in [0.3, 0.4) is 0 Å². The van der Waals surface area contributed by atoms with Gasteiger partial charge in [0.2, 0.25) is 5.91 Å². The van der Waals surface area contributed by atoms with Crippen LogP contribution < -0.4 is 11.1 Å². The second kappa shape index (κ2) is 9.45. The molecule has 1 fully saturated rings. The van der Waals surface area contributed by atoms with Crippen molar-refractivity contribution in [3.8, 4) is 11.1 Å². The SMILES string of the molecule is CC(C)NC(=O)[C@]1(Cc2cccc(-c3ccccc3)c2)CCN(C(=O)c2cccnc2N)C1. The third-order valence-electron chi connectivity index (χ3n) is 6.19. The van der Waals surface area contributed by atoms with Crippen LogP contribution in [0.15, 0.2) is 72.9 Å². The Morgan fingerprint density at radius 3 is 2.55 bits per heavy atom. The topological polar surface area (TPSA) is 88.3 Å². The third kappa shape index (κ3) is 4.90. The number of carbonyl (C=O) groups excluding carboxylic acids is 2. The largest absolute Gasteiger partial charge is 0.383 e. The number of amides is 2. The highest BCUT2D eigenvalue weighted by Gasteiger charge is 2.46. The highest BCUT2D eigenvalue weighted by atomic mass is 16.2. The van der Waals surface area contributed by atoms with E-state index >= 15 is 0 Å². The molecule has 170 valence electrons. The van der Waals surface area contributed by atoms with Crippen LogP contribution >= 0.6 is 0 Å². The third-order valence-corrected chi connectivity index (χ3v) is 6.19. The molecule has 0 radical (unpaired) electrons. The number of aromatic nitrogens is 1. The number of pyridine rings is 1. The van der Waals surface area contributed by atoms with Crippen LogP contribution in [0.5, 0.6) is 0 Å². The van der Waals surface area contributed by atoms with E-state index in [1.54, 1.807) is 23.2 Å². The van der Waals surface area contributed by atoms with Gasteiger partial charge in [0, 0.05) is 25.3 Å². The lowest BCUT2D eigenvalue weighted by Gasteiger charge is -2.29. The summed E-state index contributed by atoms with van der Waals surface area (Å²) in [6.45, 7) is 4.75. The lowest BCUT2D eigenvalue weighted by Crippen LogP contribution is -2.47. The Morgan fingerprint density at radius 2 is 1.82 bits per heavy atom. The van der Waals surface area contributed by atoms with Crippen molar-refractivity contribution in [2.75, 3.05) is 18.8 Å². The van der Waals surface area contributed by atoms with E-state index in [0.717, 1.165) is 16.7 Å². The summed E-state index contributed by atoms with van der Waals surface area (Å²) in [6, 6.07) is 21.9. The molecule has 2 heterocycles. The maximum absolute atomic E-state index is 13.4. The van der Waals surface area contributed by atoms with E-state index in [9.17, 15) is 9.59 Å². The molecule has 3 aromatic rings. The Kier molecular flexibility index (Phi) is 6.45. The molecule has 1 aliphatic rings. The van der Waals surface area contributed by atoms with Crippen molar-refractivity contribution in [3.63, 3.8) is 0 Å². The van der Waals surface area contributed by atoms with Crippen LogP contribution in [0.4, 0.5) is 5.82 Å². The van der Waals surface area contributed by atoms with Gasteiger partial charge in [-0.3, -0.25) is 9.59 Å². The number of benzene rings is 2. The number of nitrogen functional groups attached to an aromatic ring is 1. The molecule has 6 heteroatoms. The summed E-state index contributed by atoms with van der Waals surface area (Å²) in [6.07, 6.45) is 2.71. The molecule has 1 atom stereocenters. The number of nitrogens with one attached hydrogen (secondary N) is 1. The molecule has 6 nitrogen and oxygen atoms in total. The summed E-state index contributed by atoms with van der Waals surface area (Å²) in [5.41, 5.74) is 8.94. The van der Waals surface area contributed by atoms with Gasteiger partial charge in [-0.25, -0.2) is 4.98 Å². The first kappa shape index (κ1) is 22.5. The summed E-state index contributed by atoms with van der Waals surface area (Å²) >= 11 is 0. The fraction of sp³-hybridized carbons (Fsp3) is 0.296. The van der Waals surface area contributed by atoms with E-state index in [1.807, 2.05) is 38.1 Å². The van der Waals surface area contributed by atoms with Gasteiger partial charge in [-0.1, -0.05) is 54.6 Å². The number of hydrogen-bond acceptors (Lipinski definition) is 4. The predicted molar refractivity (Wildman–Crippen MR) is 130 cm³/mol. The zero-order valence-electron chi connectivity index (χ0n) is 19.1. The maximum Gasteiger partial charge on any atom is 0.257 e. The maximum atomic E-state index is 13.4. The summed E-state index contributed by atoms with van der Waals surface area (Å²) in [5.74, 6) is 0.0112. The van der Waals surface area contributed by atoms with Gasteiger partial charge in [0.25, 0.3) is 5.91 Å². The Labute approximate surface area is 194 Å². The summed E-state index contributed by atoms with van der Waals surface area (Å²) in [7, 11) is 0. The normalized spacial score (nSPS) is 17.8. The van der Waals surface area contributed by atoms with E-state index in [0.29, 0.717) is 31.5 Å². The first-order valence-electron chi connectivity index (χ1n) is 11.3.